The Morgan fingerprint density at radius 2 is 2.11 bits per heavy atom. The first-order valence-corrected chi connectivity index (χ1v) is 5.99. The van der Waals surface area contributed by atoms with Crippen LogP contribution in [0.25, 0.3) is 10.9 Å². The van der Waals surface area contributed by atoms with Crippen LogP contribution in [0.4, 0.5) is 5.69 Å². The third-order valence-electron chi connectivity index (χ3n) is 2.45. The number of benzene rings is 1. The molecule has 0 saturated carbocycles. The van der Waals surface area contributed by atoms with E-state index in [1.165, 1.54) is 14.0 Å². The number of rotatable bonds is 2. The fourth-order valence-electron chi connectivity index (χ4n) is 1.73. The summed E-state index contributed by atoms with van der Waals surface area (Å²) in [6, 6.07) is 5.48. The van der Waals surface area contributed by atoms with Gasteiger partial charge in [0.05, 0.1) is 12.8 Å². The molecule has 0 atom stereocenters. The molecule has 0 aliphatic rings. The largest absolute Gasteiger partial charge is 0.464 e. The molecule has 0 unspecified atom stereocenters. The molecule has 18 heavy (non-hydrogen) atoms. The third-order valence-corrected chi connectivity index (χ3v) is 2.94. The van der Waals surface area contributed by atoms with Gasteiger partial charge < -0.3 is 15.0 Å². The van der Waals surface area contributed by atoms with E-state index in [0.717, 1.165) is 15.4 Å². The molecule has 1 aromatic carbocycles. The number of nitrogens with one attached hydrogen (secondary N) is 2. The van der Waals surface area contributed by atoms with Gasteiger partial charge in [0, 0.05) is 22.3 Å². The number of esters is 1. The highest BCUT2D eigenvalue weighted by Gasteiger charge is 2.19. The lowest BCUT2D eigenvalue weighted by molar-refractivity contribution is -0.114. The van der Waals surface area contributed by atoms with E-state index >= 15 is 0 Å². The topological polar surface area (TPSA) is 71.2 Å². The maximum atomic E-state index is 11.7. The molecule has 1 amide bonds. The number of fused-ring (bicyclic) bond motifs is 1. The first kappa shape index (κ1) is 12.6. The van der Waals surface area contributed by atoms with Crippen molar-refractivity contribution in [2.45, 2.75) is 6.92 Å². The Hall–Kier alpha value is -1.82. The van der Waals surface area contributed by atoms with Crippen LogP contribution in [0.2, 0.25) is 0 Å². The van der Waals surface area contributed by atoms with Crippen LogP contribution in [0.3, 0.4) is 0 Å². The van der Waals surface area contributed by atoms with Gasteiger partial charge in [-0.1, -0.05) is 15.9 Å². The number of hydrogen-bond donors (Lipinski definition) is 2. The van der Waals surface area contributed by atoms with Gasteiger partial charge in [0.1, 0.15) is 5.69 Å². The van der Waals surface area contributed by atoms with Crippen LogP contribution in [0.15, 0.2) is 22.7 Å². The Kier molecular flexibility index (Phi) is 3.38. The quantitative estimate of drug-likeness (QED) is 0.838. The average molecular weight is 311 g/mol. The van der Waals surface area contributed by atoms with Crippen molar-refractivity contribution in [2.24, 2.45) is 0 Å². The molecule has 0 aliphatic carbocycles. The zero-order chi connectivity index (χ0) is 13.3. The van der Waals surface area contributed by atoms with Crippen LogP contribution < -0.4 is 5.32 Å². The van der Waals surface area contributed by atoms with E-state index in [0.29, 0.717) is 5.69 Å². The molecule has 2 rings (SSSR count). The highest BCUT2D eigenvalue weighted by atomic mass is 79.9. The number of ether oxygens (including phenoxy) is 1. The monoisotopic (exact) mass is 310 g/mol. The Labute approximate surface area is 112 Å². The zero-order valence-corrected chi connectivity index (χ0v) is 11.4. The van der Waals surface area contributed by atoms with Crippen LogP contribution in [0.1, 0.15) is 17.4 Å². The molecule has 0 saturated heterocycles. The molecular weight excluding hydrogens is 300 g/mol. The van der Waals surface area contributed by atoms with Gasteiger partial charge in [-0.15, -0.1) is 0 Å². The predicted molar refractivity (Wildman–Crippen MR) is 71.6 cm³/mol. The van der Waals surface area contributed by atoms with Crippen LogP contribution >= 0.6 is 15.9 Å². The number of aromatic nitrogens is 1. The summed E-state index contributed by atoms with van der Waals surface area (Å²) in [4.78, 5) is 25.8. The molecule has 0 spiro atoms. The van der Waals surface area contributed by atoms with Gasteiger partial charge in [0.2, 0.25) is 5.91 Å². The Balaban J connectivity index is 2.68. The van der Waals surface area contributed by atoms with Crippen molar-refractivity contribution < 1.29 is 14.3 Å². The number of methoxy groups -OCH3 is 1. The van der Waals surface area contributed by atoms with Gasteiger partial charge >= 0.3 is 5.97 Å². The lowest BCUT2D eigenvalue weighted by Gasteiger charge is -2.03. The number of carbonyl (C=O) groups excluding carboxylic acids is 2. The van der Waals surface area contributed by atoms with Gasteiger partial charge in [0.15, 0.2) is 0 Å². The molecule has 2 aromatic rings. The number of anilines is 1. The van der Waals surface area contributed by atoms with Gasteiger partial charge in [0.25, 0.3) is 0 Å². The van der Waals surface area contributed by atoms with E-state index in [1.54, 1.807) is 0 Å². The molecule has 6 heteroatoms. The molecule has 1 heterocycles. The highest BCUT2D eigenvalue weighted by Crippen LogP contribution is 2.30. The smallest absolute Gasteiger partial charge is 0.356 e. The average Bonchev–Trinajstić information content (AvgIpc) is 2.66. The van der Waals surface area contributed by atoms with Crippen LogP contribution in [0, 0.1) is 0 Å². The summed E-state index contributed by atoms with van der Waals surface area (Å²) in [5.74, 6) is -0.771. The third kappa shape index (κ3) is 2.24. The van der Waals surface area contributed by atoms with E-state index < -0.39 is 5.97 Å². The van der Waals surface area contributed by atoms with Gasteiger partial charge in [-0.05, 0) is 18.2 Å². The Morgan fingerprint density at radius 3 is 2.72 bits per heavy atom. The van der Waals surface area contributed by atoms with Gasteiger partial charge in [-0.25, -0.2) is 4.79 Å². The second kappa shape index (κ2) is 4.81. The maximum Gasteiger partial charge on any atom is 0.356 e. The molecule has 5 nitrogen and oxygen atoms in total. The van der Waals surface area contributed by atoms with E-state index in [-0.39, 0.29) is 11.6 Å². The number of amides is 1. The number of halogens is 1. The SMILES string of the molecule is COC(=O)c1[nH]c2ccc(Br)cc2c1NC(C)=O. The first-order chi connectivity index (χ1) is 8.52. The number of aromatic amines is 1. The molecule has 2 N–H and O–H groups in total. The Bertz CT molecular complexity index is 634. The summed E-state index contributed by atoms with van der Waals surface area (Å²) in [6.07, 6.45) is 0. The fourth-order valence-corrected chi connectivity index (χ4v) is 2.09. The second-order valence-corrected chi connectivity index (χ2v) is 4.65. The summed E-state index contributed by atoms with van der Waals surface area (Å²) in [7, 11) is 1.29. The normalized spacial score (nSPS) is 10.4. The molecule has 0 fully saturated rings. The summed E-state index contributed by atoms with van der Waals surface area (Å²) in [5.41, 5.74) is 1.42. The van der Waals surface area contributed by atoms with Crippen molar-refractivity contribution in [3.63, 3.8) is 0 Å². The Morgan fingerprint density at radius 1 is 1.39 bits per heavy atom. The van der Waals surface area contributed by atoms with Gasteiger partial charge in [-0.3, -0.25) is 4.79 Å². The number of carbonyl (C=O) groups is 2. The molecule has 1 aromatic heterocycles. The molecular formula is C12H11BrN2O3. The summed E-state index contributed by atoms with van der Waals surface area (Å²) in [6.45, 7) is 1.39. The molecule has 0 radical (unpaired) electrons. The minimum Gasteiger partial charge on any atom is -0.464 e. The van der Waals surface area contributed by atoms with E-state index in [4.69, 9.17) is 0 Å². The standard InChI is InChI=1S/C12H11BrN2O3/c1-6(16)14-10-8-5-7(13)3-4-9(8)15-11(10)12(17)18-2/h3-5,15H,1-2H3,(H,14,16). The number of hydrogen-bond acceptors (Lipinski definition) is 3. The van der Waals surface area contributed by atoms with Crippen LogP contribution in [0.5, 0.6) is 0 Å². The minimum atomic E-state index is -0.522. The van der Waals surface area contributed by atoms with Crippen molar-refractivity contribution >= 4 is 44.4 Å². The summed E-state index contributed by atoms with van der Waals surface area (Å²) < 4.78 is 5.54. The van der Waals surface area contributed by atoms with Crippen molar-refractivity contribution in [3.8, 4) is 0 Å². The lowest BCUT2D eigenvalue weighted by Crippen LogP contribution is -2.11. The fraction of sp³-hybridized carbons (Fsp3) is 0.167. The summed E-state index contributed by atoms with van der Waals surface area (Å²) >= 11 is 3.35. The molecule has 0 aliphatic heterocycles. The van der Waals surface area contributed by atoms with E-state index in [1.807, 2.05) is 18.2 Å². The first-order valence-electron chi connectivity index (χ1n) is 5.20. The van der Waals surface area contributed by atoms with Gasteiger partial charge in [-0.2, -0.15) is 0 Å². The summed E-state index contributed by atoms with van der Waals surface area (Å²) in [5, 5.41) is 3.40. The second-order valence-electron chi connectivity index (χ2n) is 3.74. The van der Waals surface area contributed by atoms with Crippen molar-refractivity contribution in [3.05, 3.63) is 28.4 Å². The van der Waals surface area contributed by atoms with E-state index in [2.05, 4.69) is 31.0 Å². The minimum absolute atomic E-state index is 0.237. The molecule has 0 bridgehead atoms. The number of H-pyrrole nitrogens is 1. The van der Waals surface area contributed by atoms with Crippen molar-refractivity contribution in [2.75, 3.05) is 12.4 Å². The maximum absolute atomic E-state index is 11.7. The van der Waals surface area contributed by atoms with Crippen LogP contribution in [-0.4, -0.2) is 24.0 Å². The van der Waals surface area contributed by atoms with Crippen LogP contribution in [-0.2, 0) is 9.53 Å². The van der Waals surface area contributed by atoms with Crippen molar-refractivity contribution in [1.82, 2.24) is 4.98 Å². The van der Waals surface area contributed by atoms with Crippen molar-refractivity contribution in [1.29, 1.82) is 0 Å². The predicted octanol–water partition coefficient (Wildman–Crippen LogP) is 2.68. The highest BCUT2D eigenvalue weighted by molar-refractivity contribution is 9.10. The lowest BCUT2D eigenvalue weighted by atomic mass is 10.2. The zero-order valence-electron chi connectivity index (χ0n) is 9.83. The molecule has 94 valence electrons. The van der Waals surface area contributed by atoms with E-state index in [9.17, 15) is 9.59 Å².